The van der Waals surface area contributed by atoms with Gasteiger partial charge in [0.25, 0.3) is 0 Å². The van der Waals surface area contributed by atoms with Crippen molar-refractivity contribution in [1.29, 1.82) is 0 Å². The number of allylic oxidation sites excluding steroid dienone is 2. The minimum absolute atomic E-state index is 0.263. The molecule has 0 rings (SSSR count). The average Bonchev–Trinajstić information content (AvgIpc) is 2.71. The Labute approximate surface area is 200 Å². The summed E-state index contributed by atoms with van der Waals surface area (Å²) in [6, 6.07) is 0. The van der Waals surface area contributed by atoms with Crippen LogP contribution in [-0.4, -0.2) is 63.9 Å². The number of carboxylic acid groups (broad SMARTS) is 3. The van der Waals surface area contributed by atoms with E-state index >= 15 is 0 Å². The topological polar surface area (TPSA) is 112 Å². The molecule has 7 heteroatoms. The van der Waals surface area contributed by atoms with Crippen LogP contribution in [0.1, 0.15) is 110 Å². The Morgan fingerprint density at radius 2 is 0.879 bits per heavy atom. The van der Waals surface area contributed by atoms with Crippen molar-refractivity contribution in [2.75, 3.05) is 26.2 Å². The molecule has 0 radical (unpaired) electrons. The summed E-state index contributed by atoms with van der Waals surface area (Å²) in [5.74, 6) is -3.51. The fraction of sp³-hybridized carbons (Fsp3) is 0.808. The molecule has 0 saturated heterocycles. The summed E-state index contributed by atoms with van der Waals surface area (Å²) in [6.07, 6.45) is 23.5. The Bertz CT molecular complexity index is 520. The highest BCUT2D eigenvalue weighted by atomic mass is 16.4. The highest BCUT2D eigenvalue weighted by Gasteiger charge is 2.35. The summed E-state index contributed by atoms with van der Waals surface area (Å²) in [7, 11) is 0. The summed E-state index contributed by atoms with van der Waals surface area (Å²) in [5, 5.41) is 27.4. The van der Waals surface area contributed by atoms with Crippen molar-refractivity contribution in [3.8, 4) is 0 Å². The maximum atomic E-state index is 11.2. The molecular weight excluding hydrogens is 422 g/mol. The molecule has 0 aromatic heterocycles. The first-order valence-corrected chi connectivity index (χ1v) is 13.0. The number of carbonyl (C=O) groups is 3. The zero-order valence-corrected chi connectivity index (χ0v) is 20.8. The van der Waals surface area contributed by atoms with Crippen molar-refractivity contribution in [2.45, 2.75) is 110 Å². The number of carboxylic acids is 3. The lowest BCUT2D eigenvalue weighted by molar-refractivity contribution is -0.907. The van der Waals surface area contributed by atoms with Crippen LogP contribution in [0.4, 0.5) is 0 Å². The predicted molar refractivity (Wildman–Crippen MR) is 131 cm³/mol. The van der Waals surface area contributed by atoms with Crippen LogP contribution in [-0.2, 0) is 14.4 Å². The summed E-state index contributed by atoms with van der Waals surface area (Å²) in [5.41, 5.74) is 0. The number of hydrogen-bond acceptors (Lipinski definition) is 3. The second kappa shape index (κ2) is 20.7. The van der Waals surface area contributed by atoms with E-state index in [1.54, 1.807) is 0 Å². The largest absolute Gasteiger partial charge is 0.477 e. The normalized spacial score (nSPS) is 11.8. The van der Waals surface area contributed by atoms with E-state index in [9.17, 15) is 14.4 Å². The number of nitrogens with zero attached hydrogens (tertiary/aromatic N) is 1. The molecule has 192 valence electrons. The number of quaternary nitrogens is 1. The molecule has 0 aromatic carbocycles. The van der Waals surface area contributed by atoms with Crippen LogP contribution in [0.5, 0.6) is 0 Å². The minimum atomic E-state index is -1.17. The second-order valence-corrected chi connectivity index (χ2v) is 9.37. The molecule has 0 saturated carbocycles. The lowest BCUT2D eigenvalue weighted by atomic mass is 10.0. The van der Waals surface area contributed by atoms with Crippen molar-refractivity contribution in [1.82, 2.24) is 0 Å². The Hall–Kier alpha value is -1.89. The van der Waals surface area contributed by atoms with Gasteiger partial charge in [-0.2, -0.15) is 0 Å². The highest BCUT2D eigenvalue weighted by Crippen LogP contribution is 2.15. The van der Waals surface area contributed by atoms with Crippen LogP contribution >= 0.6 is 0 Å². The SMILES string of the molecule is CCCC/C=C/CCCCCCCCCCCCCC[N+](CC(=O)O)(CC(=O)O)CC(=O)O. The molecule has 0 aliphatic heterocycles. The van der Waals surface area contributed by atoms with Gasteiger partial charge in [0, 0.05) is 0 Å². The van der Waals surface area contributed by atoms with E-state index in [2.05, 4.69) is 19.1 Å². The number of hydrogen-bond donors (Lipinski definition) is 3. The van der Waals surface area contributed by atoms with Crippen LogP contribution in [0.2, 0.25) is 0 Å². The second-order valence-electron chi connectivity index (χ2n) is 9.37. The first-order valence-electron chi connectivity index (χ1n) is 13.0. The van der Waals surface area contributed by atoms with Gasteiger partial charge >= 0.3 is 17.9 Å². The van der Waals surface area contributed by atoms with Gasteiger partial charge in [-0.05, 0) is 32.1 Å². The predicted octanol–water partition coefficient (Wildman–Crippen LogP) is 5.87. The van der Waals surface area contributed by atoms with Crippen LogP contribution in [0, 0.1) is 0 Å². The van der Waals surface area contributed by atoms with Crippen LogP contribution < -0.4 is 0 Å². The number of unbranched alkanes of at least 4 members (excludes halogenated alkanes) is 14. The smallest absolute Gasteiger partial charge is 0.359 e. The molecule has 0 spiro atoms. The standard InChI is InChI=1S/C26H47NO6/c1-2-3-4-5-6-7-8-9-10-11-12-13-14-15-16-17-18-19-20-27(21-24(28)29,22-25(30)31)23-26(32)33/h5-6H,2-4,7-23H2,1H3,(H2-,28,29,30,31,32,33)/p+1/b6-5+. The molecule has 0 bridgehead atoms. The van der Waals surface area contributed by atoms with Gasteiger partial charge < -0.3 is 15.3 Å². The fourth-order valence-corrected chi connectivity index (χ4v) is 4.30. The van der Waals surface area contributed by atoms with Crippen molar-refractivity contribution in [3.05, 3.63) is 12.2 Å². The zero-order valence-electron chi connectivity index (χ0n) is 20.8. The molecular formula is C26H48NO6+. The van der Waals surface area contributed by atoms with Crippen molar-refractivity contribution < 1.29 is 34.2 Å². The number of rotatable bonds is 24. The first kappa shape index (κ1) is 31.1. The molecule has 0 aliphatic rings. The number of aliphatic carboxylic acids is 3. The average molecular weight is 471 g/mol. The molecule has 33 heavy (non-hydrogen) atoms. The van der Waals surface area contributed by atoms with E-state index in [0.29, 0.717) is 6.42 Å². The summed E-state index contributed by atoms with van der Waals surface area (Å²) >= 11 is 0. The molecule has 3 N–H and O–H groups in total. The van der Waals surface area contributed by atoms with E-state index in [4.69, 9.17) is 15.3 Å². The lowest BCUT2D eigenvalue weighted by Crippen LogP contribution is -2.57. The van der Waals surface area contributed by atoms with Crippen LogP contribution in [0.3, 0.4) is 0 Å². The van der Waals surface area contributed by atoms with Gasteiger partial charge in [-0.15, -0.1) is 0 Å². The molecule has 0 heterocycles. The summed E-state index contributed by atoms with van der Waals surface area (Å²) in [6.45, 7) is 1.05. The van der Waals surface area contributed by atoms with Gasteiger partial charge in [-0.1, -0.05) is 89.7 Å². The molecule has 0 atom stereocenters. The lowest BCUT2D eigenvalue weighted by Gasteiger charge is -2.34. The van der Waals surface area contributed by atoms with Gasteiger partial charge in [0.1, 0.15) is 0 Å². The third-order valence-corrected chi connectivity index (χ3v) is 6.06. The van der Waals surface area contributed by atoms with Gasteiger partial charge in [0.2, 0.25) is 0 Å². The Morgan fingerprint density at radius 3 is 1.24 bits per heavy atom. The van der Waals surface area contributed by atoms with Crippen molar-refractivity contribution in [2.24, 2.45) is 0 Å². The van der Waals surface area contributed by atoms with Gasteiger partial charge in [-0.3, -0.25) is 4.48 Å². The zero-order chi connectivity index (χ0) is 24.8. The van der Waals surface area contributed by atoms with E-state index < -0.39 is 42.0 Å². The fourth-order valence-electron chi connectivity index (χ4n) is 4.30. The maximum Gasteiger partial charge on any atom is 0.359 e. The van der Waals surface area contributed by atoms with Gasteiger partial charge in [0.15, 0.2) is 19.6 Å². The molecule has 0 aromatic rings. The van der Waals surface area contributed by atoms with E-state index in [1.165, 1.54) is 77.0 Å². The first-order chi connectivity index (χ1) is 15.8. The highest BCUT2D eigenvalue weighted by molar-refractivity contribution is 5.73. The quantitative estimate of drug-likeness (QED) is 0.0923. The summed E-state index contributed by atoms with van der Waals surface area (Å²) < 4.78 is -0.435. The van der Waals surface area contributed by atoms with E-state index in [0.717, 1.165) is 19.3 Å². The third kappa shape index (κ3) is 20.4. The van der Waals surface area contributed by atoms with Crippen LogP contribution in [0.25, 0.3) is 0 Å². The van der Waals surface area contributed by atoms with Gasteiger partial charge in [-0.25, -0.2) is 14.4 Å². The van der Waals surface area contributed by atoms with Crippen molar-refractivity contribution >= 4 is 17.9 Å². The molecule has 0 unspecified atom stereocenters. The summed E-state index contributed by atoms with van der Waals surface area (Å²) in [4.78, 5) is 33.5. The molecule has 7 nitrogen and oxygen atoms in total. The van der Waals surface area contributed by atoms with Gasteiger partial charge in [0.05, 0.1) is 6.54 Å². The Morgan fingerprint density at radius 1 is 0.545 bits per heavy atom. The minimum Gasteiger partial charge on any atom is -0.477 e. The van der Waals surface area contributed by atoms with Crippen LogP contribution in [0.15, 0.2) is 12.2 Å². The maximum absolute atomic E-state index is 11.2. The monoisotopic (exact) mass is 470 g/mol. The molecule has 0 amide bonds. The van der Waals surface area contributed by atoms with Crippen molar-refractivity contribution in [3.63, 3.8) is 0 Å². The third-order valence-electron chi connectivity index (χ3n) is 6.06. The Kier molecular flexibility index (Phi) is 19.5. The van der Waals surface area contributed by atoms with E-state index in [1.807, 2.05) is 0 Å². The molecule has 0 fully saturated rings. The molecule has 0 aliphatic carbocycles. The van der Waals surface area contributed by atoms with E-state index in [-0.39, 0.29) is 6.54 Å². The Balaban J connectivity index is 3.77.